The predicted molar refractivity (Wildman–Crippen MR) is 123 cm³/mol. The number of likely N-dealkylation sites (tertiary alicyclic amines) is 1. The number of nitrogens with zero attached hydrogens (tertiary/aromatic N) is 3. The third kappa shape index (κ3) is 5.27. The van der Waals surface area contributed by atoms with E-state index < -0.39 is 0 Å². The molecule has 2 aliphatic rings. The number of piperazine rings is 1. The molecular formula is C25H35N3O2. The molecule has 1 unspecified atom stereocenters. The average molecular weight is 410 g/mol. The van der Waals surface area contributed by atoms with Crippen LogP contribution in [0.5, 0.6) is 11.5 Å². The van der Waals surface area contributed by atoms with E-state index in [9.17, 15) is 0 Å². The van der Waals surface area contributed by atoms with Crippen molar-refractivity contribution in [3.05, 3.63) is 54.1 Å². The van der Waals surface area contributed by atoms with Crippen molar-refractivity contribution >= 4 is 5.69 Å². The van der Waals surface area contributed by atoms with Crippen LogP contribution >= 0.6 is 0 Å². The molecule has 2 aromatic rings. The van der Waals surface area contributed by atoms with Crippen LogP contribution in [0.25, 0.3) is 0 Å². The predicted octanol–water partition coefficient (Wildman–Crippen LogP) is 3.88. The highest BCUT2D eigenvalue weighted by atomic mass is 16.5. The molecule has 0 bridgehead atoms. The van der Waals surface area contributed by atoms with Crippen LogP contribution in [0.3, 0.4) is 0 Å². The van der Waals surface area contributed by atoms with E-state index >= 15 is 0 Å². The lowest BCUT2D eigenvalue weighted by Gasteiger charge is -2.44. The molecule has 5 nitrogen and oxygen atoms in total. The van der Waals surface area contributed by atoms with Crippen LogP contribution < -0.4 is 14.4 Å². The second kappa shape index (κ2) is 10.2. The smallest absolute Gasteiger partial charge is 0.119 e. The SMILES string of the molecule is CCOc1cccc(CN2CCCC(N3CCN(c4ccc(OC)cc4)CC3)C2)c1. The van der Waals surface area contributed by atoms with Gasteiger partial charge in [-0.1, -0.05) is 12.1 Å². The Hall–Kier alpha value is -2.24. The van der Waals surface area contributed by atoms with E-state index in [1.165, 1.54) is 37.2 Å². The highest BCUT2D eigenvalue weighted by Gasteiger charge is 2.28. The number of hydrogen-bond acceptors (Lipinski definition) is 5. The van der Waals surface area contributed by atoms with Crippen molar-refractivity contribution in [3.8, 4) is 11.5 Å². The third-order valence-electron chi connectivity index (χ3n) is 6.36. The van der Waals surface area contributed by atoms with Crippen LogP contribution in [-0.4, -0.2) is 68.8 Å². The Kier molecular flexibility index (Phi) is 7.13. The molecule has 30 heavy (non-hydrogen) atoms. The lowest BCUT2D eigenvalue weighted by Crippen LogP contribution is -2.55. The maximum Gasteiger partial charge on any atom is 0.119 e. The van der Waals surface area contributed by atoms with Gasteiger partial charge in [0.05, 0.1) is 13.7 Å². The first kappa shape index (κ1) is 21.0. The van der Waals surface area contributed by atoms with Crippen molar-refractivity contribution in [2.75, 3.05) is 57.9 Å². The van der Waals surface area contributed by atoms with Gasteiger partial charge in [-0.05, 0) is 68.3 Å². The summed E-state index contributed by atoms with van der Waals surface area (Å²) in [7, 11) is 1.72. The molecule has 0 saturated carbocycles. The highest BCUT2D eigenvalue weighted by Crippen LogP contribution is 2.24. The van der Waals surface area contributed by atoms with Crippen molar-refractivity contribution in [1.29, 1.82) is 0 Å². The van der Waals surface area contributed by atoms with Crippen molar-refractivity contribution in [2.24, 2.45) is 0 Å². The van der Waals surface area contributed by atoms with Crippen LogP contribution in [-0.2, 0) is 6.54 Å². The largest absolute Gasteiger partial charge is 0.497 e. The maximum atomic E-state index is 5.67. The van der Waals surface area contributed by atoms with Gasteiger partial charge in [0.25, 0.3) is 0 Å². The number of rotatable bonds is 7. The molecule has 2 saturated heterocycles. The van der Waals surface area contributed by atoms with Gasteiger partial charge in [-0.15, -0.1) is 0 Å². The van der Waals surface area contributed by atoms with Gasteiger partial charge >= 0.3 is 0 Å². The Balaban J connectivity index is 1.29. The van der Waals surface area contributed by atoms with E-state index in [-0.39, 0.29) is 0 Å². The summed E-state index contributed by atoms with van der Waals surface area (Å²) in [6.07, 6.45) is 2.60. The number of hydrogen-bond donors (Lipinski definition) is 0. The van der Waals surface area contributed by atoms with Gasteiger partial charge in [0.15, 0.2) is 0 Å². The number of benzene rings is 2. The van der Waals surface area contributed by atoms with E-state index in [2.05, 4.69) is 57.2 Å². The topological polar surface area (TPSA) is 28.2 Å². The molecule has 4 rings (SSSR count). The zero-order valence-corrected chi connectivity index (χ0v) is 18.4. The molecule has 0 aromatic heterocycles. The fourth-order valence-corrected chi connectivity index (χ4v) is 4.77. The molecule has 2 fully saturated rings. The van der Waals surface area contributed by atoms with E-state index in [1.54, 1.807) is 7.11 Å². The first-order valence-electron chi connectivity index (χ1n) is 11.3. The van der Waals surface area contributed by atoms with Gasteiger partial charge < -0.3 is 14.4 Å². The van der Waals surface area contributed by atoms with Crippen LogP contribution in [0.1, 0.15) is 25.3 Å². The molecule has 0 N–H and O–H groups in total. The van der Waals surface area contributed by atoms with E-state index in [1.807, 2.05) is 13.0 Å². The van der Waals surface area contributed by atoms with Gasteiger partial charge in [-0.2, -0.15) is 0 Å². The zero-order valence-electron chi connectivity index (χ0n) is 18.4. The van der Waals surface area contributed by atoms with Gasteiger partial charge in [0.2, 0.25) is 0 Å². The highest BCUT2D eigenvalue weighted by molar-refractivity contribution is 5.49. The van der Waals surface area contributed by atoms with E-state index in [0.29, 0.717) is 6.04 Å². The van der Waals surface area contributed by atoms with Crippen LogP contribution in [0.2, 0.25) is 0 Å². The summed E-state index contributed by atoms with van der Waals surface area (Å²) in [5.41, 5.74) is 2.65. The van der Waals surface area contributed by atoms with Crippen molar-refractivity contribution in [3.63, 3.8) is 0 Å². The molecule has 0 aliphatic carbocycles. The van der Waals surface area contributed by atoms with Crippen molar-refractivity contribution in [2.45, 2.75) is 32.4 Å². The van der Waals surface area contributed by atoms with Gasteiger partial charge in [0.1, 0.15) is 11.5 Å². The Morgan fingerprint density at radius 3 is 2.47 bits per heavy atom. The molecule has 0 radical (unpaired) electrons. The second-order valence-corrected chi connectivity index (χ2v) is 8.33. The van der Waals surface area contributed by atoms with Crippen molar-refractivity contribution in [1.82, 2.24) is 9.80 Å². The normalized spacial score (nSPS) is 20.9. The molecule has 0 spiro atoms. The summed E-state index contributed by atoms with van der Waals surface area (Å²) >= 11 is 0. The lowest BCUT2D eigenvalue weighted by atomic mass is 10.0. The molecule has 162 valence electrons. The number of methoxy groups -OCH3 is 1. The fraction of sp³-hybridized carbons (Fsp3) is 0.520. The summed E-state index contributed by atoms with van der Waals surface area (Å²) in [5, 5.41) is 0. The lowest BCUT2D eigenvalue weighted by molar-refractivity contribution is 0.0887. The Morgan fingerprint density at radius 1 is 0.933 bits per heavy atom. The quantitative estimate of drug-likeness (QED) is 0.692. The monoisotopic (exact) mass is 409 g/mol. The molecule has 2 heterocycles. The molecule has 0 amide bonds. The third-order valence-corrected chi connectivity index (χ3v) is 6.36. The Morgan fingerprint density at radius 2 is 1.73 bits per heavy atom. The van der Waals surface area contributed by atoms with Gasteiger partial charge in [-0.25, -0.2) is 0 Å². The standard InChI is InChI=1S/C25H35N3O2/c1-3-30-25-8-4-6-21(18-25)19-26-13-5-7-23(20-26)28-16-14-27(15-17-28)22-9-11-24(29-2)12-10-22/h4,6,8-12,18,23H,3,5,7,13-17,19-20H2,1-2H3. The summed E-state index contributed by atoms with van der Waals surface area (Å²) < 4.78 is 11.0. The summed E-state index contributed by atoms with van der Waals surface area (Å²) in [4.78, 5) is 7.83. The Labute approximate surface area is 181 Å². The minimum absolute atomic E-state index is 0.673. The average Bonchev–Trinajstić information content (AvgIpc) is 2.80. The maximum absolute atomic E-state index is 5.67. The molecule has 2 aromatic carbocycles. The number of ether oxygens (including phenoxy) is 2. The van der Waals surface area contributed by atoms with Crippen molar-refractivity contribution < 1.29 is 9.47 Å². The van der Waals surface area contributed by atoms with Crippen LogP contribution in [0.4, 0.5) is 5.69 Å². The molecule has 1 atom stereocenters. The second-order valence-electron chi connectivity index (χ2n) is 8.33. The van der Waals surface area contributed by atoms with E-state index in [0.717, 1.165) is 50.8 Å². The van der Waals surface area contributed by atoms with Gasteiger partial charge in [-0.3, -0.25) is 9.80 Å². The summed E-state index contributed by atoms with van der Waals surface area (Å²) in [6.45, 7) is 10.6. The first-order chi connectivity index (χ1) is 14.7. The number of anilines is 1. The first-order valence-corrected chi connectivity index (χ1v) is 11.3. The molecule has 2 aliphatic heterocycles. The van der Waals surface area contributed by atoms with Crippen LogP contribution in [0, 0.1) is 0 Å². The molecule has 5 heteroatoms. The summed E-state index contributed by atoms with van der Waals surface area (Å²) in [6, 6.07) is 17.7. The van der Waals surface area contributed by atoms with E-state index in [4.69, 9.17) is 9.47 Å². The zero-order chi connectivity index (χ0) is 20.8. The summed E-state index contributed by atoms with van der Waals surface area (Å²) in [5.74, 6) is 1.91. The number of piperidine rings is 1. The van der Waals surface area contributed by atoms with Gasteiger partial charge in [0, 0.05) is 51.0 Å². The minimum Gasteiger partial charge on any atom is -0.497 e. The molecular weight excluding hydrogens is 374 g/mol. The minimum atomic E-state index is 0.673. The Bertz CT molecular complexity index is 787. The van der Waals surface area contributed by atoms with Crippen LogP contribution in [0.15, 0.2) is 48.5 Å². The fourth-order valence-electron chi connectivity index (χ4n) is 4.77.